The molecular weight excluding hydrogens is 236 g/mol. The summed E-state index contributed by atoms with van der Waals surface area (Å²) < 4.78 is 5.28. The van der Waals surface area contributed by atoms with Crippen molar-refractivity contribution in [2.75, 3.05) is 6.54 Å². The van der Waals surface area contributed by atoms with Crippen LogP contribution >= 0.6 is 0 Å². The number of carboxylic acids is 1. The van der Waals surface area contributed by atoms with E-state index in [1.807, 2.05) is 0 Å². The Morgan fingerprint density at radius 1 is 1.39 bits per heavy atom. The van der Waals surface area contributed by atoms with Gasteiger partial charge < -0.3 is 20.5 Å². The maximum Gasteiger partial charge on any atom is 0.410 e. The summed E-state index contributed by atoms with van der Waals surface area (Å²) in [7, 11) is 0. The fraction of sp³-hybridized carbons (Fsp3) is 0.833. The van der Waals surface area contributed by atoms with E-state index < -0.39 is 29.7 Å². The number of rotatable bonds is 2. The van der Waals surface area contributed by atoms with Gasteiger partial charge in [0.15, 0.2) is 0 Å². The second-order valence-electron chi connectivity index (χ2n) is 5.60. The Kier molecular flexibility index (Phi) is 4.56. The SMILES string of the molecule is CC(C)(C)OC(=O)N1CCCC[C@@H]1[C@H](N)C(=O)O. The molecule has 2 atom stereocenters. The highest BCUT2D eigenvalue weighted by Crippen LogP contribution is 2.22. The summed E-state index contributed by atoms with van der Waals surface area (Å²) in [5.41, 5.74) is 5.04. The number of nitrogens with zero attached hydrogens (tertiary/aromatic N) is 1. The zero-order chi connectivity index (χ0) is 13.9. The molecule has 0 aromatic carbocycles. The standard InChI is InChI=1S/C12H22N2O4/c1-12(2,3)18-11(17)14-7-5-4-6-8(14)9(13)10(15)16/h8-9H,4-7,13H2,1-3H3,(H,15,16)/t8-,9+/m1/s1. The molecule has 6 nitrogen and oxygen atoms in total. The van der Waals surface area contributed by atoms with E-state index in [-0.39, 0.29) is 0 Å². The Morgan fingerprint density at radius 3 is 2.50 bits per heavy atom. The molecule has 3 N–H and O–H groups in total. The van der Waals surface area contributed by atoms with Gasteiger partial charge in [0.05, 0.1) is 6.04 Å². The summed E-state index contributed by atoms with van der Waals surface area (Å²) in [5.74, 6) is -1.09. The van der Waals surface area contributed by atoms with Gasteiger partial charge in [-0.25, -0.2) is 4.79 Å². The average molecular weight is 258 g/mol. The molecule has 1 rings (SSSR count). The zero-order valence-electron chi connectivity index (χ0n) is 11.2. The van der Waals surface area contributed by atoms with Gasteiger partial charge in [-0.2, -0.15) is 0 Å². The van der Waals surface area contributed by atoms with Crippen LogP contribution in [0.3, 0.4) is 0 Å². The molecule has 0 aromatic heterocycles. The number of carbonyl (C=O) groups is 2. The van der Waals surface area contributed by atoms with Crippen LogP contribution in [0.4, 0.5) is 4.79 Å². The number of hydrogen-bond donors (Lipinski definition) is 2. The van der Waals surface area contributed by atoms with Crippen LogP contribution in [0, 0.1) is 0 Å². The minimum Gasteiger partial charge on any atom is -0.480 e. The lowest BCUT2D eigenvalue weighted by atomic mass is 9.96. The normalized spacial score (nSPS) is 22.4. The molecule has 0 radical (unpaired) electrons. The monoisotopic (exact) mass is 258 g/mol. The van der Waals surface area contributed by atoms with E-state index in [2.05, 4.69) is 0 Å². The fourth-order valence-corrected chi connectivity index (χ4v) is 2.04. The fourth-order valence-electron chi connectivity index (χ4n) is 2.04. The Bertz CT molecular complexity index is 325. The molecule has 104 valence electrons. The third-order valence-corrected chi connectivity index (χ3v) is 2.88. The zero-order valence-corrected chi connectivity index (χ0v) is 11.2. The summed E-state index contributed by atoms with van der Waals surface area (Å²) >= 11 is 0. The van der Waals surface area contributed by atoms with Crippen LogP contribution in [0.15, 0.2) is 0 Å². The molecule has 0 bridgehead atoms. The number of hydrogen-bond acceptors (Lipinski definition) is 4. The number of carboxylic acid groups (broad SMARTS) is 1. The van der Waals surface area contributed by atoms with Gasteiger partial charge in [-0.3, -0.25) is 4.79 Å². The number of ether oxygens (including phenoxy) is 1. The van der Waals surface area contributed by atoms with Crippen LogP contribution in [0.25, 0.3) is 0 Å². The Labute approximate surface area is 107 Å². The first-order valence-electron chi connectivity index (χ1n) is 6.20. The molecule has 0 aromatic rings. The van der Waals surface area contributed by atoms with Crippen molar-refractivity contribution in [2.24, 2.45) is 5.73 Å². The van der Waals surface area contributed by atoms with E-state index in [1.165, 1.54) is 4.90 Å². The van der Waals surface area contributed by atoms with Crippen LogP contribution in [0.2, 0.25) is 0 Å². The Balaban J connectivity index is 2.76. The maximum absolute atomic E-state index is 12.0. The molecule has 1 heterocycles. The van der Waals surface area contributed by atoms with Gasteiger partial charge in [-0.15, -0.1) is 0 Å². The minimum atomic E-state index is -1.09. The first kappa shape index (κ1) is 14.8. The van der Waals surface area contributed by atoms with Crippen molar-refractivity contribution in [2.45, 2.75) is 57.7 Å². The molecular formula is C12H22N2O4. The average Bonchev–Trinajstić information content (AvgIpc) is 2.25. The lowest BCUT2D eigenvalue weighted by molar-refractivity contribution is -0.140. The first-order valence-corrected chi connectivity index (χ1v) is 6.20. The molecule has 1 aliphatic heterocycles. The van der Waals surface area contributed by atoms with Crippen molar-refractivity contribution in [1.29, 1.82) is 0 Å². The molecule has 1 saturated heterocycles. The van der Waals surface area contributed by atoms with E-state index in [4.69, 9.17) is 15.6 Å². The minimum absolute atomic E-state index is 0.480. The molecule has 6 heteroatoms. The van der Waals surface area contributed by atoms with Gasteiger partial charge in [0, 0.05) is 6.54 Å². The predicted octanol–water partition coefficient (Wildman–Crippen LogP) is 1.19. The molecule has 1 aliphatic rings. The van der Waals surface area contributed by atoms with Crippen LogP contribution in [0.5, 0.6) is 0 Å². The van der Waals surface area contributed by atoms with Crippen molar-refractivity contribution in [3.05, 3.63) is 0 Å². The number of nitrogens with two attached hydrogens (primary N) is 1. The highest BCUT2D eigenvalue weighted by Gasteiger charge is 2.36. The van der Waals surface area contributed by atoms with Crippen molar-refractivity contribution in [3.8, 4) is 0 Å². The van der Waals surface area contributed by atoms with E-state index in [1.54, 1.807) is 20.8 Å². The highest BCUT2D eigenvalue weighted by atomic mass is 16.6. The van der Waals surface area contributed by atoms with Gasteiger partial charge in [0.1, 0.15) is 11.6 Å². The van der Waals surface area contributed by atoms with Gasteiger partial charge in [0.25, 0.3) is 0 Å². The third kappa shape index (κ3) is 3.87. The summed E-state index contributed by atoms with van der Waals surface area (Å²) in [5, 5.41) is 8.96. The summed E-state index contributed by atoms with van der Waals surface area (Å²) in [4.78, 5) is 24.4. The van der Waals surface area contributed by atoms with Crippen molar-refractivity contribution < 1.29 is 19.4 Å². The summed E-state index contributed by atoms with van der Waals surface area (Å²) in [6.45, 7) is 5.84. The summed E-state index contributed by atoms with van der Waals surface area (Å²) in [6, 6.07) is -1.54. The molecule has 18 heavy (non-hydrogen) atoms. The molecule has 1 fully saturated rings. The number of likely N-dealkylation sites (tertiary alicyclic amines) is 1. The maximum atomic E-state index is 12.0. The van der Waals surface area contributed by atoms with Crippen molar-refractivity contribution in [3.63, 3.8) is 0 Å². The van der Waals surface area contributed by atoms with Gasteiger partial charge in [-0.05, 0) is 40.0 Å². The molecule has 0 unspecified atom stereocenters. The molecule has 0 saturated carbocycles. The molecule has 0 spiro atoms. The number of amides is 1. The van der Waals surface area contributed by atoms with Crippen LogP contribution < -0.4 is 5.73 Å². The van der Waals surface area contributed by atoms with Crippen LogP contribution in [-0.4, -0.2) is 46.3 Å². The number of carbonyl (C=O) groups excluding carboxylic acids is 1. The number of piperidine rings is 1. The van der Waals surface area contributed by atoms with Crippen LogP contribution in [0.1, 0.15) is 40.0 Å². The van der Waals surface area contributed by atoms with Crippen LogP contribution in [-0.2, 0) is 9.53 Å². The second kappa shape index (κ2) is 5.56. The highest BCUT2D eigenvalue weighted by molar-refractivity contribution is 5.76. The Hall–Kier alpha value is -1.30. The largest absolute Gasteiger partial charge is 0.480 e. The van der Waals surface area contributed by atoms with Gasteiger partial charge in [0.2, 0.25) is 0 Å². The molecule has 0 aliphatic carbocycles. The van der Waals surface area contributed by atoms with Crippen molar-refractivity contribution in [1.82, 2.24) is 4.90 Å². The third-order valence-electron chi connectivity index (χ3n) is 2.88. The lowest BCUT2D eigenvalue weighted by Gasteiger charge is -2.38. The quantitative estimate of drug-likeness (QED) is 0.776. The van der Waals surface area contributed by atoms with E-state index >= 15 is 0 Å². The lowest BCUT2D eigenvalue weighted by Crippen LogP contribution is -2.56. The van der Waals surface area contributed by atoms with E-state index in [0.717, 1.165) is 12.8 Å². The summed E-state index contributed by atoms with van der Waals surface area (Å²) in [6.07, 6.45) is 1.85. The van der Waals surface area contributed by atoms with E-state index in [9.17, 15) is 9.59 Å². The molecule has 1 amide bonds. The smallest absolute Gasteiger partial charge is 0.410 e. The van der Waals surface area contributed by atoms with Crippen molar-refractivity contribution >= 4 is 12.1 Å². The van der Waals surface area contributed by atoms with E-state index in [0.29, 0.717) is 13.0 Å². The number of aliphatic carboxylic acids is 1. The topological polar surface area (TPSA) is 92.9 Å². The van der Waals surface area contributed by atoms with Gasteiger partial charge in [-0.1, -0.05) is 0 Å². The first-order chi connectivity index (χ1) is 8.22. The van der Waals surface area contributed by atoms with Gasteiger partial charge >= 0.3 is 12.1 Å². The second-order valence-corrected chi connectivity index (χ2v) is 5.60. The Morgan fingerprint density at radius 2 is 2.00 bits per heavy atom. The predicted molar refractivity (Wildman–Crippen MR) is 66.2 cm³/mol.